The number of aliphatic hydroxyl groups excluding tert-OH is 1. The smallest absolute Gasteiger partial charge is 0.131 e. The van der Waals surface area contributed by atoms with Gasteiger partial charge in [0.1, 0.15) is 18.0 Å². The fourth-order valence-corrected chi connectivity index (χ4v) is 1.27. The predicted octanol–water partition coefficient (Wildman–Crippen LogP) is 1.48. The van der Waals surface area contributed by atoms with E-state index < -0.39 is 0 Å². The van der Waals surface area contributed by atoms with Gasteiger partial charge in [-0.2, -0.15) is 0 Å². The average Bonchev–Trinajstić information content (AvgIpc) is 2.34. The Bertz CT molecular complexity index is 302. The van der Waals surface area contributed by atoms with E-state index in [0.29, 0.717) is 0 Å². The Morgan fingerprint density at radius 3 is 2.69 bits per heavy atom. The van der Waals surface area contributed by atoms with Crippen molar-refractivity contribution in [1.29, 1.82) is 0 Å². The summed E-state index contributed by atoms with van der Waals surface area (Å²) < 4.78 is 0. The lowest BCUT2D eigenvalue weighted by molar-refractivity contribution is 0.271. The molecule has 5 nitrogen and oxygen atoms in total. The summed E-state index contributed by atoms with van der Waals surface area (Å²) in [6.07, 6.45) is 3.43. The number of nitrogens with one attached hydrogen (secondary N) is 2. The first-order valence-electron chi connectivity index (χ1n) is 5.73. The standard InChI is InChI=1S/C11H20N4O/c1-3-5-12-10-6-11(14-8-13-10)15-9(4-2)7-16/h6,8-9,16H,3-5,7H2,1-2H3,(H2,12,13,14,15). The highest BCUT2D eigenvalue weighted by Crippen LogP contribution is 2.10. The van der Waals surface area contributed by atoms with Crippen LogP contribution in [-0.2, 0) is 0 Å². The molecular weight excluding hydrogens is 204 g/mol. The molecule has 0 aromatic carbocycles. The molecule has 0 saturated heterocycles. The summed E-state index contributed by atoms with van der Waals surface area (Å²) in [7, 11) is 0. The van der Waals surface area contributed by atoms with E-state index in [9.17, 15) is 0 Å². The van der Waals surface area contributed by atoms with Gasteiger partial charge in [-0.1, -0.05) is 13.8 Å². The molecule has 3 N–H and O–H groups in total. The molecule has 0 aliphatic carbocycles. The monoisotopic (exact) mass is 224 g/mol. The van der Waals surface area contributed by atoms with Gasteiger partial charge in [0.2, 0.25) is 0 Å². The number of aliphatic hydroxyl groups is 1. The van der Waals surface area contributed by atoms with Crippen molar-refractivity contribution in [3.8, 4) is 0 Å². The van der Waals surface area contributed by atoms with Gasteiger partial charge < -0.3 is 15.7 Å². The van der Waals surface area contributed by atoms with Crippen LogP contribution in [0.2, 0.25) is 0 Å². The van der Waals surface area contributed by atoms with E-state index in [1.165, 1.54) is 6.33 Å². The molecule has 0 amide bonds. The Morgan fingerprint density at radius 2 is 2.06 bits per heavy atom. The molecular formula is C11H20N4O. The van der Waals surface area contributed by atoms with E-state index in [4.69, 9.17) is 5.11 Å². The molecule has 0 fully saturated rings. The van der Waals surface area contributed by atoms with E-state index in [-0.39, 0.29) is 12.6 Å². The van der Waals surface area contributed by atoms with Crippen LogP contribution in [0.4, 0.5) is 11.6 Å². The summed E-state index contributed by atoms with van der Waals surface area (Å²) in [6, 6.07) is 1.91. The summed E-state index contributed by atoms with van der Waals surface area (Å²) in [6.45, 7) is 5.13. The number of hydrogen-bond acceptors (Lipinski definition) is 5. The summed E-state index contributed by atoms with van der Waals surface area (Å²) >= 11 is 0. The minimum Gasteiger partial charge on any atom is -0.394 e. The highest BCUT2D eigenvalue weighted by Gasteiger charge is 2.05. The van der Waals surface area contributed by atoms with E-state index in [2.05, 4.69) is 27.5 Å². The number of aromatic nitrogens is 2. The summed E-state index contributed by atoms with van der Waals surface area (Å²) in [4.78, 5) is 8.22. The second kappa shape index (κ2) is 7.00. The SMILES string of the molecule is CCCNc1cc(NC(CC)CO)ncn1. The third kappa shape index (κ3) is 4.02. The molecule has 1 atom stereocenters. The van der Waals surface area contributed by atoms with Crippen molar-refractivity contribution in [2.24, 2.45) is 0 Å². The summed E-state index contributed by atoms with van der Waals surface area (Å²) in [5.74, 6) is 1.56. The van der Waals surface area contributed by atoms with E-state index in [1.807, 2.05) is 13.0 Å². The van der Waals surface area contributed by atoms with Crippen molar-refractivity contribution in [2.45, 2.75) is 32.7 Å². The molecule has 0 bridgehead atoms. The molecule has 1 unspecified atom stereocenters. The van der Waals surface area contributed by atoms with Crippen LogP contribution in [0.3, 0.4) is 0 Å². The third-order valence-electron chi connectivity index (χ3n) is 2.29. The van der Waals surface area contributed by atoms with Gasteiger partial charge in [-0.05, 0) is 12.8 Å². The Morgan fingerprint density at radius 1 is 1.31 bits per heavy atom. The molecule has 0 aliphatic heterocycles. The lowest BCUT2D eigenvalue weighted by Gasteiger charge is -2.14. The summed E-state index contributed by atoms with van der Waals surface area (Å²) in [5.41, 5.74) is 0. The largest absolute Gasteiger partial charge is 0.394 e. The third-order valence-corrected chi connectivity index (χ3v) is 2.29. The minimum absolute atomic E-state index is 0.0499. The van der Waals surface area contributed by atoms with Crippen LogP contribution < -0.4 is 10.6 Å². The lowest BCUT2D eigenvalue weighted by Crippen LogP contribution is -2.23. The second-order valence-corrected chi connectivity index (χ2v) is 3.65. The van der Waals surface area contributed by atoms with Crippen molar-refractivity contribution in [2.75, 3.05) is 23.8 Å². The number of anilines is 2. The predicted molar refractivity (Wildman–Crippen MR) is 65.6 cm³/mol. The molecule has 1 heterocycles. The van der Waals surface area contributed by atoms with Crippen molar-refractivity contribution < 1.29 is 5.11 Å². The molecule has 0 aliphatic rings. The van der Waals surface area contributed by atoms with Crippen molar-refractivity contribution in [3.05, 3.63) is 12.4 Å². The quantitative estimate of drug-likeness (QED) is 0.654. The van der Waals surface area contributed by atoms with Crippen LogP contribution in [0.5, 0.6) is 0 Å². The zero-order valence-electron chi connectivity index (χ0n) is 9.90. The van der Waals surface area contributed by atoms with E-state index >= 15 is 0 Å². The molecule has 90 valence electrons. The van der Waals surface area contributed by atoms with E-state index in [1.54, 1.807) is 0 Å². The maximum Gasteiger partial charge on any atom is 0.131 e. The Labute approximate surface area is 96.3 Å². The molecule has 1 aromatic rings. The molecule has 16 heavy (non-hydrogen) atoms. The highest BCUT2D eigenvalue weighted by molar-refractivity contribution is 5.46. The van der Waals surface area contributed by atoms with Crippen LogP contribution in [0.1, 0.15) is 26.7 Å². The number of rotatable bonds is 7. The van der Waals surface area contributed by atoms with Gasteiger partial charge in [-0.15, -0.1) is 0 Å². The molecule has 5 heteroatoms. The van der Waals surface area contributed by atoms with Crippen molar-refractivity contribution in [1.82, 2.24) is 9.97 Å². The van der Waals surface area contributed by atoms with Crippen LogP contribution in [0, 0.1) is 0 Å². The van der Waals surface area contributed by atoms with Gasteiger partial charge in [-0.25, -0.2) is 9.97 Å². The molecule has 0 radical (unpaired) electrons. The summed E-state index contributed by atoms with van der Waals surface area (Å²) in [5, 5.41) is 15.4. The molecule has 0 saturated carbocycles. The normalized spacial score (nSPS) is 12.2. The Hall–Kier alpha value is -1.36. The van der Waals surface area contributed by atoms with Gasteiger partial charge >= 0.3 is 0 Å². The maximum atomic E-state index is 9.08. The van der Waals surface area contributed by atoms with Gasteiger partial charge in [0.05, 0.1) is 12.6 Å². The van der Waals surface area contributed by atoms with Gasteiger partial charge in [0, 0.05) is 12.6 Å². The van der Waals surface area contributed by atoms with Crippen LogP contribution in [-0.4, -0.2) is 34.3 Å². The topological polar surface area (TPSA) is 70.1 Å². The average molecular weight is 224 g/mol. The van der Waals surface area contributed by atoms with Gasteiger partial charge in [-0.3, -0.25) is 0 Å². The van der Waals surface area contributed by atoms with Crippen LogP contribution in [0.25, 0.3) is 0 Å². The Balaban J connectivity index is 2.59. The van der Waals surface area contributed by atoms with Crippen LogP contribution in [0.15, 0.2) is 12.4 Å². The first kappa shape index (κ1) is 12.7. The molecule has 1 rings (SSSR count). The van der Waals surface area contributed by atoms with Gasteiger partial charge in [0.25, 0.3) is 0 Å². The van der Waals surface area contributed by atoms with E-state index in [0.717, 1.165) is 31.0 Å². The maximum absolute atomic E-state index is 9.08. The minimum atomic E-state index is 0.0499. The first-order chi connectivity index (χ1) is 7.80. The number of hydrogen-bond donors (Lipinski definition) is 3. The lowest BCUT2D eigenvalue weighted by atomic mass is 10.2. The first-order valence-corrected chi connectivity index (χ1v) is 5.73. The fourth-order valence-electron chi connectivity index (χ4n) is 1.27. The zero-order chi connectivity index (χ0) is 11.8. The Kier molecular flexibility index (Phi) is 5.56. The molecule has 0 spiro atoms. The van der Waals surface area contributed by atoms with Crippen LogP contribution >= 0.6 is 0 Å². The number of nitrogens with zero attached hydrogens (tertiary/aromatic N) is 2. The zero-order valence-corrected chi connectivity index (χ0v) is 9.90. The highest BCUT2D eigenvalue weighted by atomic mass is 16.3. The fraction of sp³-hybridized carbons (Fsp3) is 0.636. The molecule has 1 aromatic heterocycles. The van der Waals surface area contributed by atoms with Gasteiger partial charge in [0.15, 0.2) is 0 Å². The van der Waals surface area contributed by atoms with Crippen molar-refractivity contribution >= 4 is 11.6 Å². The second-order valence-electron chi connectivity index (χ2n) is 3.65. The van der Waals surface area contributed by atoms with Crippen molar-refractivity contribution in [3.63, 3.8) is 0 Å².